The Morgan fingerprint density at radius 2 is 0.410 bits per heavy atom. The minimum atomic E-state index is 0.941. The summed E-state index contributed by atoms with van der Waals surface area (Å²) < 4.78 is 0. The molecule has 0 spiro atoms. The highest BCUT2D eigenvalue weighted by atomic mass is 14.1. The Morgan fingerprint density at radius 1 is 0.231 bits per heavy atom. The minimum Gasteiger partial charge on any atom is -0.0654 e. The van der Waals surface area contributed by atoms with E-state index in [0.29, 0.717) is 0 Å². The van der Waals surface area contributed by atoms with Crippen molar-refractivity contribution >= 4 is 0 Å². The summed E-state index contributed by atoms with van der Waals surface area (Å²) in [6.07, 6.45) is 42.4. The van der Waals surface area contributed by atoms with Crippen LogP contribution in [-0.4, -0.2) is 0 Å². The fourth-order valence-corrected chi connectivity index (χ4v) is 6.62. The van der Waals surface area contributed by atoms with Crippen molar-refractivity contribution in [1.29, 1.82) is 0 Å². The third-order valence-corrected chi connectivity index (χ3v) is 9.78. The van der Waals surface area contributed by atoms with Crippen LogP contribution in [-0.2, 0) is 0 Å². The van der Waals surface area contributed by atoms with Gasteiger partial charge >= 0.3 is 0 Å². The van der Waals surface area contributed by atoms with Crippen LogP contribution in [0.4, 0.5) is 0 Å². The molecular formula is C39H80. The molecule has 0 heterocycles. The molecule has 0 rings (SSSR count). The lowest BCUT2D eigenvalue weighted by Gasteiger charge is -2.16. The van der Waals surface area contributed by atoms with Crippen LogP contribution in [0.5, 0.6) is 0 Å². The zero-order valence-corrected chi connectivity index (χ0v) is 28.8. The van der Waals surface area contributed by atoms with E-state index in [4.69, 9.17) is 0 Å². The fourth-order valence-electron chi connectivity index (χ4n) is 6.62. The van der Waals surface area contributed by atoms with Gasteiger partial charge in [0, 0.05) is 0 Å². The summed E-state index contributed by atoms with van der Waals surface area (Å²) in [7, 11) is 0. The summed E-state index contributed by atoms with van der Waals surface area (Å²) in [5, 5.41) is 0. The Balaban J connectivity index is 3.42. The zero-order valence-electron chi connectivity index (χ0n) is 28.8. The SMILES string of the molecule is CCCCCCCCCCCCCCC(C)CCCCCC(C)CCCC(C)CCCC(C)CCCCCC. The van der Waals surface area contributed by atoms with Gasteiger partial charge in [-0.2, -0.15) is 0 Å². The largest absolute Gasteiger partial charge is 0.0654 e. The molecule has 0 radical (unpaired) electrons. The molecule has 0 aromatic heterocycles. The Bertz CT molecular complexity index is 439. The average Bonchev–Trinajstić information content (AvgIpc) is 2.91. The maximum atomic E-state index is 2.52. The van der Waals surface area contributed by atoms with E-state index in [0.717, 1.165) is 23.7 Å². The van der Waals surface area contributed by atoms with Gasteiger partial charge in [0.1, 0.15) is 0 Å². The highest BCUT2D eigenvalue weighted by Crippen LogP contribution is 2.24. The van der Waals surface area contributed by atoms with Crippen molar-refractivity contribution in [2.75, 3.05) is 0 Å². The van der Waals surface area contributed by atoms with Crippen LogP contribution in [0.25, 0.3) is 0 Å². The van der Waals surface area contributed by atoms with E-state index in [1.54, 1.807) is 0 Å². The summed E-state index contributed by atoms with van der Waals surface area (Å²) in [6, 6.07) is 0. The number of hydrogen-bond acceptors (Lipinski definition) is 0. The standard InChI is InChI=1S/C39H80/c1-7-9-11-13-14-15-16-17-18-19-20-23-29-36(3)30-24-21-25-31-38(5)33-27-35-39(6)34-26-32-37(4)28-22-12-10-8-2/h36-39H,7-35H2,1-6H3. The van der Waals surface area contributed by atoms with Crippen LogP contribution >= 0.6 is 0 Å². The smallest absolute Gasteiger partial charge is 0.0443 e. The van der Waals surface area contributed by atoms with Crippen molar-refractivity contribution in [2.45, 2.75) is 228 Å². The van der Waals surface area contributed by atoms with E-state index in [1.165, 1.54) is 186 Å². The Kier molecular flexibility index (Phi) is 30.9. The summed E-state index contributed by atoms with van der Waals surface area (Å²) >= 11 is 0. The Hall–Kier alpha value is 0. The van der Waals surface area contributed by atoms with Crippen molar-refractivity contribution in [1.82, 2.24) is 0 Å². The molecule has 39 heavy (non-hydrogen) atoms. The van der Waals surface area contributed by atoms with Crippen molar-refractivity contribution in [3.8, 4) is 0 Å². The maximum Gasteiger partial charge on any atom is -0.0443 e. The molecule has 0 aliphatic carbocycles. The van der Waals surface area contributed by atoms with E-state index in [1.807, 2.05) is 0 Å². The van der Waals surface area contributed by atoms with E-state index in [-0.39, 0.29) is 0 Å². The van der Waals surface area contributed by atoms with Crippen LogP contribution in [0.1, 0.15) is 228 Å². The summed E-state index contributed by atoms with van der Waals surface area (Å²) in [6.45, 7) is 14.6. The molecule has 0 N–H and O–H groups in total. The first-order chi connectivity index (χ1) is 19.0. The Labute approximate surface area is 251 Å². The molecule has 4 unspecified atom stereocenters. The van der Waals surface area contributed by atoms with Crippen LogP contribution in [0, 0.1) is 23.7 Å². The summed E-state index contributed by atoms with van der Waals surface area (Å²) in [5.74, 6) is 3.79. The zero-order chi connectivity index (χ0) is 28.8. The molecule has 0 fully saturated rings. The van der Waals surface area contributed by atoms with Gasteiger partial charge in [-0.15, -0.1) is 0 Å². The lowest BCUT2D eigenvalue weighted by molar-refractivity contribution is 0.371. The first-order valence-electron chi connectivity index (χ1n) is 19.0. The highest BCUT2D eigenvalue weighted by Gasteiger charge is 2.08. The van der Waals surface area contributed by atoms with Crippen LogP contribution < -0.4 is 0 Å². The monoisotopic (exact) mass is 549 g/mol. The molecule has 0 aromatic rings. The molecule has 0 amide bonds. The topological polar surface area (TPSA) is 0 Å². The summed E-state index contributed by atoms with van der Waals surface area (Å²) in [5.41, 5.74) is 0. The van der Waals surface area contributed by atoms with Crippen molar-refractivity contribution in [2.24, 2.45) is 23.7 Å². The number of unbranched alkanes of at least 4 members (excludes halogenated alkanes) is 16. The van der Waals surface area contributed by atoms with Gasteiger partial charge < -0.3 is 0 Å². The van der Waals surface area contributed by atoms with Gasteiger partial charge in [0.15, 0.2) is 0 Å². The van der Waals surface area contributed by atoms with Crippen LogP contribution in [0.15, 0.2) is 0 Å². The predicted molar refractivity (Wildman–Crippen MR) is 182 cm³/mol. The third-order valence-electron chi connectivity index (χ3n) is 9.78. The van der Waals surface area contributed by atoms with Gasteiger partial charge in [-0.05, 0) is 23.7 Å². The molecule has 4 atom stereocenters. The maximum absolute atomic E-state index is 2.52. The first-order valence-corrected chi connectivity index (χ1v) is 19.0. The first kappa shape index (κ1) is 39.0. The molecule has 236 valence electrons. The van der Waals surface area contributed by atoms with Gasteiger partial charge in [0.2, 0.25) is 0 Å². The van der Waals surface area contributed by atoms with Crippen molar-refractivity contribution in [3.63, 3.8) is 0 Å². The van der Waals surface area contributed by atoms with Gasteiger partial charge in [-0.3, -0.25) is 0 Å². The molecule has 0 saturated carbocycles. The lowest BCUT2D eigenvalue weighted by atomic mass is 9.90. The van der Waals surface area contributed by atoms with Gasteiger partial charge in [-0.1, -0.05) is 228 Å². The Morgan fingerprint density at radius 3 is 0.692 bits per heavy atom. The number of hydrogen-bond donors (Lipinski definition) is 0. The van der Waals surface area contributed by atoms with Gasteiger partial charge in [0.25, 0.3) is 0 Å². The molecule has 0 heteroatoms. The van der Waals surface area contributed by atoms with Gasteiger partial charge in [-0.25, -0.2) is 0 Å². The van der Waals surface area contributed by atoms with E-state index < -0.39 is 0 Å². The molecule has 0 aromatic carbocycles. The lowest BCUT2D eigenvalue weighted by Crippen LogP contribution is -2.01. The second kappa shape index (κ2) is 30.9. The highest BCUT2D eigenvalue weighted by molar-refractivity contribution is 4.62. The van der Waals surface area contributed by atoms with Crippen LogP contribution in [0.2, 0.25) is 0 Å². The van der Waals surface area contributed by atoms with Crippen LogP contribution in [0.3, 0.4) is 0 Å². The fraction of sp³-hybridized carbons (Fsp3) is 1.00. The molecule has 0 nitrogen and oxygen atoms in total. The van der Waals surface area contributed by atoms with E-state index in [2.05, 4.69) is 41.5 Å². The average molecular weight is 549 g/mol. The van der Waals surface area contributed by atoms with Crippen molar-refractivity contribution in [3.05, 3.63) is 0 Å². The predicted octanol–water partition coefficient (Wildman–Crippen LogP) is 14.9. The second-order valence-electron chi connectivity index (χ2n) is 14.4. The van der Waals surface area contributed by atoms with Crippen molar-refractivity contribution < 1.29 is 0 Å². The second-order valence-corrected chi connectivity index (χ2v) is 14.4. The van der Waals surface area contributed by atoms with E-state index in [9.17, 15) is 0 Å². The van der Waals surface area contributed by atoms with E-state index >= 15 is 0 Å². The minimum absolute atomic E-state index is 0.941. The molecule has 0 bridgehead atoms. The molecular weight excluding hydrogens is 468 g/mol. The molecule has 0 aliphatic rings. The van der Waals surface area contributed by atoms with Gasteiger partial charge in [0.05, 0.1) is 0 Å². The quantitative estimate of drug-likeness (QED) is 0.0733. The molecule has 0 aliphatic heterocycles. The normalized spacial score (nSPS) is 14.9. The third kappa shape index (κ3) is 30.8. The molecule has 0 saturated heterocycles. The number of rotatable bonds is 32. The summed E-state index contributed by atoms with van der Waals surface area (Å²) in [4.78, 5) is 0.